The van der Waals surface area contributed by atoms with Gasteiger partial charge in [-0.2, -0.15) is 0 Å². The number of pyridine rings is 1. The van der Waals surface area contributed by atoms with Crippen molar-refractivity contribution in [2.45, 2.75) is 25.0 Å². The Morgan fingerprint density at radius 2 is 1.91 bits per heavy atom. The van der Waals surface area contributed by atoms with Crippen molar-refractivity contribution in [1.82, 2.24) is 20.6 Å². The van der Waals surface area contributed by atoms with Crippen molar-refractivity contribution in [1.29, 1.82) is 0 Å². The van der Waals surface area contributed by atoms with E-state index >= 15 is 0 Å². The van der Waals surface area contributed by atoms with Crippen LogP contribution in [0.2, 0.25) is 0 Å². The Labute approximate surface area is 184 Å². The van der Waals surface area contributed by atoms with Gasteiger partial charge in [-0.05, 0) is 53.4 Å². The van der Waals surface area contributed by atoms with Gasteiger partial charge in [0.15, 0.2) is 11.5 Å². The number of benzene rings is 2. The van der Waals surface area contributed by atoms with E-state index in [4.69, 9.17) is 9.47 Å². The number of H-pyrrole nitrogens is 1. The summed E-state index contributed by atoms with van der Waals surface area (Å²) < 4.78 is 11.1. The molecule has 0 saturated carbocycles. The highest BCUT2D eigenvalue weighted by atomic mass is 16.7. The second kappa shape index (κ2) is 7.69. The van der Waals surface area contributed by atoms with Crippen molar-refractivity contribution in [3.8, 4) is 11.5 Å². The Morgan fingerprint density at radius 3 is 2.81 bits per heavy atom. The summed E-state index contributed by atoms with van der Waals surface area (Å²) in [6.45, 7) is 0.698. The quantitative estimate of drug-likeness (QED) is 0.466. The molecule has 2 aliphatic rings. The highest BCUT2D eigenvalue weighted by Crippen LogP contribution is 2.39. The van der Waals surface area contributed by atoms with E-state index in [9.17, 15) is 4.79 Å². The molecule has 3 N–H and O–H groups in total. The van der Waals surface area contributed by atoms with Crippen molar-refractivity contribution in [2.75, 3.05) is 6.79 Å². The lowest BCUT2D eigenvalue weighted by atomic mass is 9.90. The zero-order valence-corrected chi connectivity index (χ0v) is 17.3. The monoisotopic (exact) mass is 426 g/mol. The van der Waals surface area contributed by atoms with Crippen LogP contribution in [0.3, 0.4) is 0 Å². The lowest BCUT2D eigenvalue weighted by Gasteiger charge is -2.31. The molecule has 6 rings (SSSR count). The third-order valence-corrected chi connectivity index (χ3v) is 6.17. The third-order valence-electron chi connectivity index (χ3n) is 6.17. The van der Waals surface area contributed by atoms with Crippen LogP contribution in [0.5, 0.6) is 11.5 Å². The summed E-state index contributed by atoms with van der Waals surface area (Å²) in [7, 11) is 0. The first-order valence-electron chi connectivity index (χ1n) is 10.7. The van der Waals surface area contributed by atoms with E-state index in [0.717, 1.165) is 39.2 Å². The van der Waals surface area contributed by atoms with Gasteiger partial charge in [0, 0.05) is 35.5 Å². The van der Waals surface area contributed by atoms with Gasteiger partial charge in [-0.3, -0.25) is 15.1 Å². The maximum atomic E-state index is 13.2. The topological polar surface area (TPSA) is 88.3 Å². The summed E-state index contributed by atoms with van der Waals surface area (Å²) >= 11 is 0. The summed E-state index contributed by atoms with van der Waals surface area (Å²) in [6, 6.07) is 17.5. The highest BCUT2D eigenvalue weighted by molar-refractivity contribution is 5.88. The molecule has 32 heavy (non-hydrogen) atoms. The molecule has 2 aromatic carbocycles. The number of hydrogen-bond acceptors (Lipinski definition) is 5. The van der Waals surface area contributed by atoms with Crippen molar-refractivity contribution < 1.29 is 14.3 Å². The van der Waals surface area contributed by atoms with E-state index < -0.39 is 0 Å². The van der Waals surface area contributed by atoms with Crippen LogP contribution in [-0.2, 0) is 17.8 Å². The molecule has 0 aliphatic carbocycles. The highest BCUT2D eigenvalue weighted by Gasteiger charge is 2.34. The van der Waals surface area contributed by atoms with E-state index in [0.29, 0.717) is 13.0 Å². The van der Waals surface area contributed by atoms with Gasteiger partial charge in [-0.25, -0.2) is 0 Å². The van der Waals surface area contributed by atoms with E-state index in [1.165, 1.54) is 5.56 Å². The largest absolute Gasteiger partial charge is 0.454 e. The van der Waals surface area contributed by atoms with Gasteiger partial charge in [-0.1, -0.05) is 24.3 Å². The van der Waals surface area contributed by atoms with E-state index in [2.05, 4.69) is 32.7 Å². The van der Waals surface area contributed by atoms with Crippen LogP contribution in [0, 0.1) is 0 Å². The first-order valence-corrected chi connectivity index (χ1v) is 10.7. The fraction of sp³-hybridized carbons (Fsp3) is 0.200. The summed E-state index contributed by atoms with van der Waals surface area (Å²) in [6.07, 6.45) is 4.07. The number of amides is 1. The van der Waals surface area contributed by atoms with Gasteiger partial charge in [0.05, 0.1) is 12.1 Å². The standard InChI is InChI=1S/C25H22N4O3/c30-25(27-13-15-7-9-26-10-8-15)20-12-18-17-3-1-2-4-19(17)28-24(18)23(29-20)16-5-6-21-22(11-16)32-14-31-21/h1-11,20,23,28-29H,12-14H2,(H,27,30)/t20-,23-/m0/s1. The molecule has 0 saturated heterocycles. The molecule has 1 amide bonds. The number of ether oxygens (including phenoxy) is 2. The first kappa shape index (κ1) is 18.9. The minimum absolute atomic E-state index is 0.0245. The van der Waals surface area contributed by atoms with Crippen LogP contribution in [0.15, 0.2) is 67.0 Å². The van der Waals surface area contributed by atoms with Crippen LogP contribution < -0.4 is 20.1 Å². The summed E-state index contributed by atoms with van der Waals surface area (Å²) in [4.78, 5) is 20.8. The molecule has 7 heteroatoms. The van der Waals surface area contributed by atoms with Crippen LogP contribution in [0.1, 0.15) is 28.4 Å². The third kappa shape index (κ3) is 3.27. The van der Waals surface area contributed by atoms with Gasteiger partial charge in [0.25, 0.3) is 0 Å². The van der Waals surface area contributed by atoms with E-state index in [-0.39, 0.29) is 24.8 Å². The normalized spacial score (nSPS) is 19.0. The molecule has 2 aromatic heterocycles. The molecule has 4 heterocycles. The average molecular weight is 426 g/mol. The van der Waals surface area contributed by atoms with E-state index in [1.54, 1.807) is 12.4 Å². The minimum atomic E-state index is -0.362. The zero-order chi connectivity index (χ0) is 21.5. The van der Waals surface area contributed by atoms with Gasteiger partial charge < -0.3 is 19.8 Å². The van der Waals surface area contributed by atoms with Crippen LogP contribution >= 0.6 is 0 Å². The Hall–Kier alpha value is -3.84. The number of nitrogens with zero attached hydrogens (tertiary/aromatic N) is 1. The van der Waals surface area contributed by atoms with Crippen molar-refractivity contribution in [2.24, 2.45) is 0 Å². The van der Waals surface area contributed by atoms with Gasteiger partial charge in [0.2, 0.25) is 12.7 Å². The van der Waals surface area contributed by atoms with Gasteiger partial charge in [-0.15, -0.1) is 0 Å². The summed E-state index contributed by atoms with van der Waals surface area (Å²) in [5.41, 5.74) is 5.37. The number of carbonyl (C=O) groups excluding carboxylic acids is 1. The number of aromatic nitrogens is 2. The summed E-state index contributed by atoms with van der Waals surface area (Å²) in [5.74, 6) is 1.45. The number of carbonyl (C=O) groups is 1. The zero-order valence-electron chi connectivity index (χ0n) is 17.3. The second-order valence-electron chi connectivity index (χ2n) is 8.11. The molecule has 4 aromatic rings. The van der Waals surface area contributed by atoms with Gasteiger partial charge in [0.1, 0.15) is 0 Å². The molecule has 0 bridgehead atoms. The van der Waals surface area contributed by atoms with Gasteiger partial charge >= 0.3 is 0 Å². The molecule has 0 fully saturated rings. The maximum Gasteiger partial charge on any atom is 0.237 e. The molecule has 2 aliphatic heterocycles. The SMILES string of the molecule is O=C(NCc1ccncc1)[C@@H]1Cc2c([nH]c3ccccc23)[C@H](c2ccc3c(c2)OCO3)N1. The van der Waals surface area contributed by atoms with E-state index in [1.807, 2.05) is 42.5 Å². The molecular formula is C25H22N4O3. The molecule has 0 radical (unpaired) electrons. The number of aromatic amines is 1. The number of rotatable bonds is 4. The van der Waals surface area contributed by atoms with Crippen molar-refractivity contribution >= 4 is 16.8 Å². The Morgan fingerprint density at radius 1 is 1.06 bits per heavy atom. The van der Waals surface area contributed by atoms with Crippen LogP contribution in [0.25, 0.3) is 10.9 Å². The molecule has 0 spiro atoms. The lowest BCUT2D eigenvalue weighted by molar-refractivity contribution is -0.123. The Balaban J connectivity index is 1.34. The number of para-hydroxylation sites is 1. The Kier molecular flexibility index (Phi) is 4.54. The smallest absolute Gasteiger partial charge is 0.237 e. The number of nitrogens with one attached hydrogen (secondary N) is 3. The predicted molar refractivity (Wildman–Crippen MR) is 119 cm³/mol. The fourth-order valence-corrected chi connectivity index (χ4v) is 4.57. The number of fused-ring (bicyclic) bond motifs is 4. The molecule has 2 atom stereocenters. The van der Waals surface area contributed by atoms with Crippen LogP contribution in [-0.4, -0.2) is 28.7 Å². The molecular weight excluding hydrogens is 404 g/mol. The minimum Gasteiger partial charge on any atom is -0.454 e. The Bertz CT molecular complexity index is 1300. The molecule has 7 nitrogen and oxygen atoms in total. The summed E-state index contributed by atoms with van der Waals surface area (Å²) in [5, 5.41) is 7.79. The van der Waals surface area contributed by atoms with Crippen molar-refractivity contribution in [3.63, 3.8) is 0 Å². The maximum absolute atomic E-state index is 13.2. The molecule has 0 unspecified atom stereocenters. The lowest BCUT2D eigenvalue weighted by Crippen LogP contribution is -2.49. The van der Waals surface area contributed by atoms with Crippen LogP contribution in [0.4, 0.5) is 0 Å². The average Bonchev–Trinajstić information content (AvgIpc) is 3.46. The first-order chi connectivity index (χ1) is 15.8. The fourth-order valence-electron chi connectivity index (χ4n) is 4.57. The van der Waals surface area contributed by atoms with Crippen molar-refractivity contribution in [3.05, 3.63) is 89.4 Å². The molecule has 160 valence electrons. The predicted octanol–water partition coefficient (Wildman–Crippen LogP) is 3.21. The number of hydrogen-bond donors (Lipinski definition) is 3. The second-order valence-corrected chi connectivity index (χ2v) is 8.11.